The third-order valence-corrected chi connectivity index (χ3v) is 7.08. The van der Waals surface area contributed by atoms with E-state index in [1.807, 2.05) is 6.92 Å². The van der Waals surface area contributed by atoms with Gasteiger partial charge in [0.15, 0.2) is 0 Å². The van der Waals surface area contributed by atoms with Crippen molar-refractivity contribution >= 4 is 56.4 Å². The number of nitrogens with zero attached hydrogens (tertiary/aromatic N) is 1. The minimum Gasteiger partial charge on any atom is -0.325 e. The third kappa shape index (κ3) is 6.21. The Morgan fingerprint density at radius 1 is 0.935 bits per heavy atom. The van der Waals surface area contributed by atoms with Gasteiger partial charge >= 0.3 is 0 Å². The van der Waals surface area contributed by atoms with Gasteiger partial charge in [-0.3, -0.25) is 4.79 Å². The Morgan fingerprint density at radius 2 is 1.61 bits per heavy atom. The van der Waals surface area contributed by atoms with E-state index in [1.165, 1.54) is 18.2 Å². The SMILES string of the molecule is Cc1ccc(S(=O)(=O)N(CC(=O)Nc2cccc(Cl)c2)Cc2ccc(Cl)cc2Cl)cc1. The number of anilines is 1. The molecule has 31 heavy (non-hydrogen) atoms. The van der Waals surface area contributed by atoms with Crippen molar-refractivity contribution in [3.8, 4) is 0 Å². The Hall–Kier alpha value is -2.09. The van der Waals surface area contributed by atoms with Gasteiger partial charge in [0.1, 0.15) is 0 Å². The fourth-order valence-electron chi connectivity index (χ4n) is 2.85. The monoisotopic (exact) mass is 496 g/mol. The van der Waals surface area contributed by atoms with E-state index in [0.29, 0.717) is 26.3 Å². The number of carbonyl (C=O) groups excluding carboxylic acids is 1. The Morgan fingerprint density at radius 3 is 2.26 bits per heavy atom. The fourth-order valence-corrected chi connectivity index (χ4v) is 4.88. The molecule has 3 aromatic carbocycles. The first-order valence-corrected chi connectivity index (χ1v) is 11.8. The van der Waals surface area contributed by atoms with E-state index in [-0.39, 0.29) is 11.4 Å². The molecular formula is C22H19Cl3N2O3S. The van der Waals surface area contributed by atoms with Gasteiger partial charge in [0.2, 0.25) is 15.9 Å². The number of sulfonamides is 1. The minimum absolute atomic E-state index is 0.0822. The molecule has 5 nitrogen and oxygen atoms in total. The molecule has 0 aliphatic carbocycles. The van der Waals surface area contributed by atoms with E-state index >= 15 is 0 Å². The topological polar surface area (TPSA) is 66.5 Å². The molecule has 0 heterocycles. The maximum Gasteiger partial charge on any atom is 0.243 e. The van der Waals surface area contributed by atoms with Crippen molar-refractivity contribution in [3.63, 3.8) is 0 Å². The largest absolute Gasteiger partial charge is 0.325 e. The van der Waals surface area contributed by atoms with Crippen molar-refractivity contribution < 1.29 is 13.2 Å². The van der Waals surface area contributed by atoms with Crippen LogP contribution in [0.5, 0.6) is 0 Å². The Bertz CT molecular complexity index is 1200. The van der Waals surface area contributed by atoms with Gasteiger partial charge in [0, 0.05) is 27.3 Å². The van der Waals surface area contributed by atoms with E-state index in [9.17, 15) is 13.2 Å². The zero-order valence-corrected chi connectivity index (χ0v) is 19.6. The highest BCUT2D eigenvalue weighted by Gasteiger charge is 2.27. The fraction of sp³-hybridized carbons (Fsp3) is 0.136. The first-order valence-electron chi connectivity index (χ1n) is 9.21. The van der Waals surface area contributed by atoms with E-state index in [1.54, 1.807) is 48.5 Å². The van der Waals surface area contributed by atoms with Gasteiger partial charge in [-0.15, -0.1) is 0 Å². The molecule has 0 saturated carbocycles. The highest BCUT2D eigenvalue weighted by Crippen LogP contribution is 2.25. The number of aryl methyl sites for hydroxylation is 1. The van der Waals surface area contributed by atoms with Crippen LogP contribution in [-0.4, -0.2) is 25.2 Å². The lowest BCUT2D eigenvalue weighted by molar-refractivity contribution is -0.116. The summed E-state index contributed by atoms with van der Waals surface area (Å²) in [7, 11) is -3.98. The lowest BCUT2D eigenvalue weighted by atomic mass is 10.2. The van der Waals surface area contributed by atoms with Crippen LogP contribution in [0.15, 0.2) is 71.6 Å². The standard InChI is InChI=1S/C22H19Cl3N2O3S/c1-15-5-9-20(10-6-15)31(29,30)27(13-16-7-8-18(24)12-21(16)25)14-22(28)26-19-4-2-3-17(23)11-19/h2-12H,13-14H2,1H3,(H,26,28). The van der Waals surface area contributed by atoms with Crippen LogP contribution in [-0.2, 0) is 21.4 Å². The van der Waals surface area contributed by atoms with E-state index in [0.717, 1.165) is 9.87 Å². The Labute approximate surface area is 196 Å². The number of hydrogen-bond acceptors (Lipinski definition) is 3. The summed E-state index contributed by atoms with van der Waals surface area (Å²) in [6.45, 7) is 1.34. The molecule has 0 bridgehead atoms. The molecule has 3 rings (SSSR count). The third-order valence-electron chi connectivity index (χ3n) is 4.45. The number of hydrogen-bond donors (Lipinski definition) is 1. The molecule has 9 heteroatoms. The van der Waals surface area contributed by atoms with Gasteiger partial charge < -0.3 is 5.32 Å². The molecule has 0 spiro atoms. The molecule has 0 saturated heterocycles. The number of carbonyl (C=O) groups is 1. The molecule has 1 N–H and O–H groups in total. The van der Waals surface area contributed by atoms with Crippen molar-refractivity contribution in [1.82, 2.24) is 4.31 Å². The highest BCUT2D eigenvalue weighted by atomic mass is 35.5. The van der Waals surface area contributed by atoms with E-state index in [2.05, 4.69) is 5.32 Å². The van der Waals surface area contributed by atoms with Gasteiger partial charge in [0.05, 0.1) is 11.4 Å². The highest BCUT2D eigenvalue weighted by molar-refractivity contribution is 7.89. The summed E-state index contributed by atoms with van der Waals surface area (Å²) in [6.07, 6.45) is 0. The number of halogens is 3. The van der Waals surface area contributed by atoms with E-state index in [4.69, 9.17) is 34.8 Å². The minimum atomic E-state index is -3.98. The average molecular weight is 498 g/mol. The Kier molecular flexibility index (Phi) is 7.62. The summed E-state index contributed by atoms with van der Waals surface area (Å²) < 4.78 is 27.7. The van der Waals surface area contributed by atoms with Crippen LogP contribution in [0.2, 0.25) is 15.1 Å². The van der Waals surface area contributed by atoms with Crippen molar-refractivity contribution in [2.24, 2.45) is 0 Å². The summed E-state index contributed by atoms with van der Waals surface area (Å²) in [4.78, 5) is 12.8. The quantitative estimate of drug-likeness (QED) is 0.449. The summed E-state index contributed by atoms with van der Waals surface area (Å²) >= 11 is 18.2. The second-order valence-corrected chi connectivity index (χ2v) is 10.1. The Balaban J connectivity index is 1.91. The number of rotatable bonds is 7. The van der Waals surface area contributed by atoms with Gasteiger partial charge in [-0.1, -0.05) is 64.6 Å². The number of amides is 1. The van der Waals surface area contributed by atoms with Crippen molar-refractivity contribution in [2.75, 3.05) is 11.9 Å². The summed E-state index contributed by atoms with van der Waals surface area (Å²) in [5.74, 6) is -0.511. The first kappa shape index (κ1) is 23.6. The van der Waals surface area contributed by atoms with Crippen LogP contribution in [0.4, 0.5) is 5.69 Å². The molecule has 162 valence electrons. The molecule has 0 radical (unpaired) electrons. The first-order chi connectivity index (χ1) is 14.6. The van der Waals surface area contributed by atoms with Crippen LogP contribution >= 0.6 is 34.8 Å². The molecule has 0 fully saturated rings. The van der Waals surface area contributed by atoms with Gasteiger partial charge in [-0.25, -0.2) is 8.42 Å². The summed E-state index contributed by atoms with van der Waals surface area (Å²) in [5.41, 5.74) is 1.91. The molecule has 0 atom stereocenters. The van der Waals surface area contributed by atoms with Crippen LogP contribution in [0.3, 0.4) is 0 Å². The lowest BCUT2D eigenvalue weighted by Crippen LogP contribution is -2.37. The molecule has 0 aliphatic rings. The van der Waals surface area contributed by atoms with E-state index < -0.39 is 22.5 Å². The van der Waals surface area contributed by atoms with Gasteiger partial charge in [0.25, 0.3) is 0 Å². The van der Waals surface area contributed by atoms with Crippen LogP contribution in [0.1, 0.15) is 11.1 Å². The van der Waals surface area contributed by atoms with Crippen LogP contribution in [0, 0.1) is 6.92 Å². The number of benzene rings is 3. The van der Waals surface area contributed by atoms with Crippen molar-refractivity contribution in [3.05, 3.63) is 92.9 Å². The maximum atomic E-state index is 13.3. The summed E-state index contributed by atoms with van der Waals surface area (Å²) in [5, 5.41) is 3.87. The van der Waals surface area contributed by atoms with Gasteiger partial charge in [-0.2, -0.15) is 4.31 Å². The van der Waals surface area contributed by atoms with Crippen LogP contribution < -0.4 is 5.32 Å². The van der Waals surface area contributed by atoms with Gasteiger partial charge in [-0.05, 0) is 55.0 Å². The molecule has 3 aromatic rings. The average Bonchev–Trinajstić information content (AvgIpc) is 2.69. The lowest BCUT2D eigenvalue weighted by Gasteiger charge is -2.22. The molecular weight excluding hydrogens is 479 g/mol. The zero-order valence-electron chi connectivity index (χ0n) is 16.5. The second kappa shape index (κ2) is 10.0. The normalized spacial score (nSPS) is 11.5. The van der Waals surface area contributed by atoms with Crippen molar-refractivity contribution in [1.29, 1.82) is 0 Å². The molecule has 0 aliphatic heterocycles. The zero-order chi connectivity index (χ0) is 22.6. The van der Waals surface area contributed by atoms with Crippen molar-refractivity contribution in [2.45, 2.75) is 18.4 Å². The number of nitrogens with one attached hydrogen (secondary N) is 1. The predicted octanol–water partition coefficient (Wildman–Crippen LogP) is 5.78. The predicted molar refractivity (Wildman–Crippen MR) is 125 cm³/mol. The maximum absolute atomic E-state index is 13.3. The second-order valence-electron chi connectivity index (χ2n) is 6.88. The molecule has 0 unspecified atom stereocenters. The van der Waals surface area contributed by atoms with Crippen LogP contribution in [0.25, 0.3) is 0 Å². The molecule has 0 aromatic heterocycles. The summed E-state index contributed by atoms with van der Waals surface area (Å²) in [6, 6.07) is 17.8. The molecule has 1 amide bonds. The smallest absolute Gasteiger partial charge is 0.243 e.